The van der Waals surface area contributed by atoms with Crippen LogP contribution in [0, 0.1) is 12.3 Å². The molecule has 1 spiro atoms. The van der Waals surface area contributed by atoms with Crippen LogP contribution in [0.4, 0.5) is 8.78 Å². The van der Waals surface area contributed by atoms with Crippen LogP contribution in [-0.2, 0) is 4.79 Å². The molecule has 1 aromatic carbocycles. The number of nitrogens with zero attached hydrogens (tertiary/aromatic N) is 1. The minimum absolute atomic E-state index is 0.0802. The number of likely N-dealkylation sites (tertiary alicyclic amines) is 1. The van der Waals surface area contributed by atoms with E-state index in [9.17, 15) is 18.4 Å². The average molecular weight is 375 g/mol. The molecule has 5 nitrogen and oxygen atoms in total. The van der Waals surface area contributed by atoms with Gasteiger partial charge in [0.2, 0.25) is 5.91 Å². The number of amides is 2. The molecule has 0 bridgehead atoms. The van der Waals surface area contributed by atoms with Gasteiger partial charge in [-0.3, -0.25) is 9.59 Å². The van der Waals surface area contributed by atoms with Crippen LogP contribution in [0.25, 0.3) is 10.9 Å². The van der Waals surface area contributed by atoms with Gasteiger partial charge in [0.1, 0.15) is 11.7 Å². The zero-order valence-electron chi connectivity index (χ0n) is 15.4. The quantitative estimate of drug-likeness (QED) is 0.862. The Bertz CT molecular complexity index is 923. The molecular weight excluding hydrogens is 352 g/mol. The summed E-state index contributed by atoms with van der Waals surface area (Å²) in [6.45, 7) is 4.18. The lowest BCUT2D eigenvalue weighted by atomic mass is 10.1. The van der Waals surface area contributed by atoms with Crippen molar-refractivity contribution in [2.24, 2.45) is 5.41 Å². The Labute approximate surface area is 156 Å². The summed E-state index contributed by atoms with van der Waals surface area (Å²) in [4.78, 5) is 29.9. The molecule has 1 saturated carbocycles. The molecule has 2 heterocycles. The van der Waals surface area contributed by atoms with Gasteiger partial charge < -0.3 is 15.2 Å². The third-order valence-electron chi connectivity index (χ3n) is 5.91. The van der Waals surface area contributed by atoms with Crippen molar-refractivity contribution in [2.45, 2.75) is 45.1 Å². The molecule has 2 amide bonds. The maximum absolute atomic E-state index is 13.6. The van der Waals surface area contributed by atoms with Gasteiger partial charge in [-0.1, -0.05) is 18.6 Å². The zero-order valence-corrected chi connectivity index (χ0v) is 15.4. The van der Waals surface area contributed by atoms with E-state index >= 15 is 0 Å². The average Bonchev–Trinajstić information content (AvgIpc) is 3.01. The standard InChI is InChI=1S/C20H23F2N3O2/c1-3-14(18(27)25-7-6-19(11-25)10-20(19,21)22)24-17(26)16-9-13-8-12(2)4-5-15(13)23-16/h4-5,8-9,14,23H,3,6-7,10-11H2,1-2H3,(H,24,26)/t14-,19+/m1/s1. The fourth-order valence-corrected chi connectivity index (χ4v) is 4.05. The number of hydrogen-bond donors (Lipinski definition) is 2. The Kier molecular flexibility index (Phi) is 4.01. The first-order chi connectivity index (χ1) is 12.7. The Morgan fingerprint density at radius 3 is 2.70 bits per heavy atom. The SMILES string of the molecule is CC[C@@H](NC(=O)c1cc2cc(C)ccc2[nH]1)C(=O)N1CC[C@@]2(C1)CC2(F)F. The van der Waals surface area contributed by atoms with Crippen molar-refractivity contribution in [3.05, 3.63) is 35.5 Å². The van der Waals surface area contributed by atoms with Crippen molar-refractivity contribution in [1.29, 1.82) is 0 Å². The van der Waals surface area contributed by atoms with Gasteiger partial charge in [-0.15, -0.1) is 0 Å². The lowest BCUT2D eigenvalue weighted by Gasteiger charge is -2.23. The van der Waals surface area contributed by atoms with Gasteiger partial charge in [0.05, 0.1) is 5.41 Å². The number of aromatic amines is 1. The number of carbonyl (C=O) groups is 2. The minimum Gasteiger partial charge on any atom is -0.351 e. The maximum Gasteiger partial charge on any atom is 0.268 e. The lowest BCUT2D eigenvalue weighted by Crippen LogP contribution is -2.47. The molecule has 2 aromatic rings. The molecule has 27 heavy (non-hydrogen) atoms. The third kappa shape index (κ3) is 2.99. The number of aromatic nitrogens is 1. The van der Waals surface area contributed by atoms with Gasteiger partial charge in [0.15, 0.2) is 0 Å². The molecule has 1 aliphatic heterocycles. The van der Waals surface area contributed by atoms with Crippen LogP contribution >= 0.6 is 0 Å². The Balaban J connectivity index is 1.45. The Morgan fingerprint density at radius 1 is 1.33 bits per heavy atom. The first-order valence-electron chi connectivity index (χ1n) is 9.31. The van der Waals surface area contributed by atoms with Crippen molar-refractivity contribution < 1.29 is 18.4 Å². The first-order valence-corrected chi connectivity index (χ1v) is 9.31. The normalized spacial score (nSPS) is 24.4. The maximum atomic E-state index is 13.6. The van der Waals surface area contributed by atoms with Crippen molar-refractivity contribution in [1.82, 2.24) is 15.2 Å². The number of rotatable bonds is 4. The molecule has 0 unspecified atom stereocenters. The molecule has 1 aromatic heterocycles. The summed E-state index contributed by atoms with van der Waals surface area (Å²) < 4.78 is 27.1. The van der Waals surface area contributed by atoms with Crippen molar-refractivity contribution in [3.63, 3.8) is 0 Å². The van der Waals surface area contributed by atoms with Crippen LogP contribution in [0.2, 0.25) is 0 Å². The van der Waals surface area contributed by atoms with E-state index in [1.54, 1.807) is 13.0 Å². The predicted molar refractivity (Wildman–Crippen MR) is 97.8 cm³/mol. The van der Waals surface area contributed by atoms with Crippen LogP contribution in [0.5, 0.6) is 0 Å². The van der Waals surface area contributed by atoms with E-state index in [1.807, 2.05) is 25.1 Å². The number of alkyl halides is 2. The van der Waals surface area contributed by atoms with Crippen molar-refractivity contribution in [2.75, 3.05) is 13.1 Å². The highest BCUT2D eigenvalue weighted by atomic mass is 19.3. The third-order valence-corrected chi connectivity index (χ3v) is 5.91. The number of aryl methyl sites for hydroxylation is 1. The minimum atomic E-state index is -2.66. The molecule has 1 saturated heterocycles. The Morgan fingerprint density at radius 2 is 2.07 bits per heavy atom. The summed E-state index contributed by atoms with van der Waals surface area (Å²) in [5.74, 6) is -3.30. The lowest BCUT2D eigenvalue weighted by molar-refractivity contribution is -0.132. The molecule has 2 atom stereocenters. The fourth-order valence-electron chi connectivity index (χ4n) is 4.05. The van der Waals surface area contributed by atoms with E-state index in [2.05, 4.69) is 10.3 Å². The van der Waals surface area contributed by atoms with E-state index in [-0.39, 0.29) is 24.8 Å². The number of hydrogen-bond acceptors (Lipinski definition) is 2. The van der Waals surface area contributed by atoms with E-state index in [4.69, 9.17) is 0 Å². The molecule has 0 radical (unpaired) electrons. The van der Waals surface area contributed by atoms with E-state index < -0.39 is 17.4 Å². The van der Waals surface area contributed by atoms with Gasteiger partial charge in [-0.2, -0.15) is 0 Å². The number of benzene rings is 1. The predicted octanol–water partition coefficient (Wildman–Crippen LogP) is 3.24. The number of nitrogens with one attached hydrogen (secondary N) is 2. The summed E-state index contributed by atoms with van der Waals surface area (Å²) in [6.07, 6.45) is 0.600. The second kappa shape index (κ2) is 6.04. The molecule has 1 aliphatic carbocycles. The van der Waals surface area contributed by atoms with Gasteiger partial charge in [-0.05, 0) is 38.0 Å². The van der Waals surface area contributed by atoms with Crippen LogP contribution in [0.3, 0.4) is 0 Å². The summed E-state index contributed by atoms with van der Waals surface area (Å²) >= 11 is 0. The van der Waals surface area contributed by atoms with Crippen molar-refractivity contribution in [3.8, 4) is 0 Å². The monoisotopic (exact) mass is 375 g/mol. The van der Waals surface area contributed by atoms with Gasteiger partial charge >= 0.3 is 0 Å². The van der Waals surface area contributed by atoms with Crippen LogP contribution in [0.15, 0.2) is 24.3 Å². The fraction of sp³-hybridized carbons (Fsp3) is 0.500. The van der Waals surface area contributed by atoms with Crippen LogP contribution < -0.4 is 5.32 Å². The van der Waals surface area contributed by atoms with Crippen LogP contribution in [-0.4, -0.2) is 46.8 Å². The van der Waals surface area contributed by atoms with Crippen molar-refractivity contribution >= 4 is 22.7 Å². The van der Waals surface area contributed by atoms with E-state index in [1.165, 1.54) is 4.90 Å². The smallest absolute Gasteiger partial charge is 0.268 e. The molecule has 2 fully saturated rings. The highest BCUT2D eigenvalue weighted by molar-refractivity contribution is 6.00. The first kappa shape index (κ1) is 17.9. The molecule has 2 N–H and O–H groups in total. The molecule has 4 rings (SSSR count). The second-order valence-corrected chi connectivity index (χ2v) is 7.88. The number of fused-ring (bicyclic) bond motifs is 1. The van der Waals surface area contributed by atoms with Crippen LogP contribution in [0.1, 0.15) is 42.2 Å². The second-order valence-electron chi connectivity index (χ2n) is 7.88. The van der Waals surface area contributed by atoms with Gasteiger partial charge in [-0.25, -0.2) is 8.78 Å². The van der Waals surface area contributed by atoms with Gasteiger partial charge in [0.25, 0.3) is 11.8 Å². The molecule has 2 aliphatic rings. The van der Waals surface area contributed by atoms with E-state index in [0.29, 0.717) is 25.1 Å². The topological polar surface area (TPSA) is 65.2 Å². The molecule has 144 valence electrons. The number of H-pyrrole nitrogens is 1. The summed E-state index contributed by atoms with van der Waals surface area (Å²) in [5, 5.41) is 3.68. The highest BCUT2D eigenvalue weighted by Crippen LogP contribution is 2.65. The Hall–Kier alpha value is -2.44. The summed E-state index contributed by atoms with van der Waals surface area (Å²) in [5.41, 5.74) is 1.30. The summed E-state index contributed by atoms with van der Waals surface area (Å²) in [7, 11) is 0. The molecular formula is C20H23F2N3O2. The largest absolute Gasteiger partial charge is 0.351 e. The molecule has 7 heteroatoms. The zero-order chi connectivity index (χ0) is 19.4. The highest BCUT2D eigenvalue weighted by Gasteiger charge is 2.73. The number of halogens is 2. The number of carbonyl (C=O) groups excluding carboxylic acids is 2. The summed E-state index contributed by atoms with van der Waals surface area (Å²) in [6, 6.07) is 6.88. The van der Waals surface area contributed by atoms with E-state index in [0.717, 1.165) is 16.5 Å². The van der Waals surface area contributed by atoms with Gasteiger partial charge in [0, 0.05) is 30.4 Å².